The van der Waals surface area contributed by atoms with Gasteiger partial charge in [0.05, 0.1) is 6.54 Å². The molecule has 0 aliphatic carbocycles. The number of nitrogens with zero attached hydrogens (tertiary/aromatic N) is 2. The van der Waals surface area contributed by atoms with Gasteiger partial charge >= 0.3 is 0 Å². The lowest BCUT2D eigenvalue weighted by Crippen LogP contribution is -2.40. The molecule has 2 heterocycles. The smallest absolute Gasteiger partial charge is 0.239 e. The lowest BCUT2D eigenvalue weighted by Gasteiger charge is -2.26. The molecule has 2 aliphatic heterocycles. The minimum atomic E-state index is 0.00945. The molecule has 2 atom stereocenters. The Kier molecular flexibility index (Phi) is 2.63. The third-order valence-electron chi connectivity index (χ3n) is 3.48. The molecule has 1 N–H and O–H groups in total. The predicted molar refractivity (Wildman–Crippen MR) is 72.0 cm³/mol. The Bertz CT molecular complexity index is 536. The third kappa shape index (κ3) is 1.61. The Morgan fingerprint density at radius 2 is 2.28 bits per heavy atom. The summed E-state index contributed by atoms with van der Waals surface area (Å²) < 4.78 is 0. The van der Waals surface area contributed by atoms with Crippen LogP contribution in [0.5, 0.6) is 0 Å². The van der Waals surface area contributed by atoms with Crippen molar-refractivity contribution < 1.29 is 4.79 Å². The standard InChI is InChI=1S/C14H15N3O/c1-15-13(18)9-17-12-7-3-2-5-10(12)11-6-4-8-16-14(11)17/h2-8,11,14H,9H2,1H3,(H,15,18). The molecule has 0 radical (unpaired) electrons. The van der Waals surface area contributed by atoms with Crippen LogP contribution in [-0.2, 0) is 4.79 Å². The number of likely N-dealkylation sites (N-methyl/N-ethyl adjacent to an activating group) is 1. The summed E-state index contributed by atoms with van der Waals surface area (Å²) in [6, 6.07) is 8.20. The Balaban J connectivity index is 2.00. The lowest BCUT2D eigenvalue weighted by atomic mass is 9.97. The highest BCUT2D eigenvalue weighted by Crippen LogP contribution is 2.42. The van der Waals surface area contributed by atoms with Crippen molar-refractivity contribution in [3.63, 3.8) is 0 Å². The number of hydrogen-bond donors (Lipinski definition) is 1. The van der Waals surface area contributed by atoms with E-state index in [1.807, 2.05) is 24.4 Å². The van der Waals surface area contributed by atoms with Crippen molar-refractivity contribution in [2.24, 2.45) is 4.99 Å². The summed E-state index contributed by atoms with van der Waals surface area (Å²) in [6.07, 6.45) is 5.95. The number of rotatable bonds is 2. The SMILES string of the molecule is CNC(=O)CN1c2ccccc2C2C=CC=NC21. The molecular formula is C14H15N3O. The van der Waals surface area contributed by atoms with E-state index in [9.17, 15) is 4.79 Å². The number of hydrogen-bond acceptors (Lipinski definition) is 3. The van der Waals surface area contributed by atoms with E-state index < -0.39 is 0 Å². The fraction of sp³-hybridized carbons (Fsp3) is 0.286. The van der Waals surface area contributed by atoms with Gasteiger partial charge in [-0.3, -0.25) is 9.79 Å². The van der Waals surface area contributed by atoms with Crippen molar-refractivity contribution in [3.8, 4) is 0 Å². The molecule has 2 unspecified atom stereocenters. The minimum absolute atomic E-state index is 0.00945. The molecule has 18 heavy (non-hydrogen) atoms. The average molecular weight is 241 g/mol. The number of carbonyl (C=O) groups excluding carboxylic acids is 1. The first kappa shape index (κ1) is 11.0. The number of nitrogens with one attached hydrogen (secondary N) is 1. The number of fused-ring (bicyclic) bond motifs is 3. The first-order chi connectivity index (χ1) is 8.81. The van der Waals surface area contributed by atoms with Crippen molar-refractivity contribution in [2.75, 3.05) is 18.5 Å². The van der Waals surface area contributed by atoms with Crippen LogP contribution in [0.25, 0.3) is 0 Å². The highest BCUT2D eigenvalue weighted by atomic mass is 16.1. The minimum Gasteiger partial charge on any atom is -0.358 e. The van der Waals surface area contributed by atoms with Gasteiger partial charge in [0.15, 0.2) is 0 Å². The van der Waals surface area contributed by atoms with E-state index in [1.165, 1.54) is 5.56 Å². The van der Waals surface area contributed by atoms with Crippen LogP contribution in [-0.4, -0.2) is 31.9 Å². The molecular weight excluding hydrogens is 226 g/mol. The molecule has 1 amide bonds. The fourth-order valence-corrected chi connectivity index (χ4v) is 2.62. The van der Waals surface area contributed by atoms with Gasteiger partial charge in [-0.2, -0.15) is 0 Å². The van der Waals surface area contributed by atoms with Gasteiger partial charge in [-0.05, 0) is 17.7 Å². The monoisotopic (exact) mass is 241 g/mol. The van der Waals surface area contributed by atoms with Crippen LogP contribution in [0.15, 0.2) is 41.4 Å². The van der Waals surface area contributed by atoms with E-state index in [1.54, 1.807) is 7.05 Å². The van der Waals surface area contributed by atoms with Crippen molar-refractivity contribution in [3.05, 3.63) is 42.0 Å². The summed E-state index contributed by atoms with van der Waals surface area (Å²) >= 11 is 0. The zero-order valence-electron chi connectivity index (χ0n) is 10.2. The summed E-state index contributed by atoms with van der Waals surface area (Å²) in [4.78, 5) is 18.2. The molecule has 92 valence electrons. The second-order valence-electron chi connectivity index (χ2n) is 4.48. The molecule has 3 rings (SSSR count). The van der Waals surface area contributed by atoms with Gasteiger partial charge in [0, 0.05) is 24.9 Å². The average Bonchev–Trinajstić information content (AvgIpc) is 2.74. The Morgan fingerprint density at radius 1 is 1.44 bits per heavy atom. The largest absolute Gasteiger partial charge is 0.358 e. The van der Waals surface area contributed by atoms with E-state index in [4.69, 9.17) is 0 Å². The topological polar surface area (TPSA) is 44.7 Å². The Labute approximate surface area is 106 Å². The van der Waals surface area contributed by atoms with Gasteiger partial charge in [-0.1, -0.05) is 24.3 Å². The molecule has 0 saturated carbocycles. The fourth-order valence-electron chi connectivity index (χ4n) is 2.62. The van der Waals surface area contributed by atoms with Crippen LogP contribution < -0.4 is 10.2 Å². The van der Waals surface area contributed by atoms with Gasteiger partial charge in [0.2, 0.25) is 5.91 Å². The van der Waals surface area contributed by atoms with Crippen LogP contribution >= 0.6 is 0 Å². The Hall–Kier alpha value is -2.10. The molecule has 4 heteroatoms. The molecule has 0 saturated heterocycles. The number of anilines is 1. The molecule has 0 bridgehead atoms. The highest BCUT2D eigenvalue weighted by Gasteiger charge is 2.37. The molecule has 4 nitrogen and oxygen atoms in total. The van der Waals surface area contributed by atoms with Crippen LogP contribution in [0.1, 0.15) is 11.5 Å². The molecule has 2 aliphatic rings. The number of para-hydroxylation sites is 1. The molecule has 1 aromatic rings. The van der Waals surface area contributed by atoms with E-state index >= 15 is 0 Å². The highest BCUT2D eigenvalue weighted by molar-refractivity contribution is 5.84. The van der Waals surface area contributed by atoms with Crippen LogP contribution in [0.4, 0.5) is 5.69 Å². The lowest BCUT2D eigenvalue weighted by molar-refractivity contribution is -0.119. The number of allylic oxidation sites excluding steroid dienone is 1. The van der Waals surface area contributed by atoms with E-state index in [2.05, 4.69) is 33.4 Å². The second-order valence-corrected chi connectivity index (χ2v) is 4.48. The van der Waals surface area contributed by atoms with Gasteiger partial charge < -0.3 is 10.2 Å². The zero-order valence-corrected chi connectivity index (χ0v) is 10.2. The van der Waals surface area contributed by atoms with Crippen LogP contribution in [0.2, 0.25) is 0 Å². The number of benzene rings is 1. The summed E-state index contributed by atoms with van der Waals surface area (Å²) in [5.41, 5.74) is 2.36. The van der Waals surface area contributed by atoms with E-state index in [-0.39, 0.29) is 18.0 Å². The summed E-state index contributed by atoms with van der Waals surface area (Å²) in [5.74, 6) is 0.270. The van der Waals surface area contributed by atoms with E-state index in [0.717, 1.165) is 5.69 Å². The first-order valence-electron chi connectivity index (χ1n) is 6.07. The second kappa shape index (κ2) is 4.29. The van der Waals surface area contributed by atoms with Gasteiger partial charge in [-0.25, -0.2) is 0 Å². The normalized spacial score (nSPS) is 23.7. The first-order valence-corrected chi connectivity index (χ1v) is 6.07. The number of dihydropyridines is 1. The maximum Gasteiger partial charge on any atom is 0.239 e. The van der Waals surface area contributed by atoms with Crippen molar-refractivity contribution in [2.45, 2.75) is 12.1 Å². The maximum atomic E-state index is 11.6. The van der Waals surface area contributed by atoms with Crippen LogP contribution in [0, 0.1) is 0 Å². The van der Waals surface area contributed by atoms with Gasteiger partial charge in [0.25, 0.3) is 0 Å². The Morgan fingerprint density at radius 3 is 3.11 bits per heavy atom. The van der Waals surface area contributed by atoms with E-state index in [0.29, 0.717) is 6.54 Å². The number of aliphatic imine (C=N–C) groups is 1. The third-order valence-corrected chi connectivity index (χ3v) is 3.48. The maximum absolute atomic E-state index is 11.6. The summed E-state index contributed by atoms with van der Waals surface area (Å²) in [7, 11) is 1.66. The van der Waals surface area contributed by atoms with Crippen molar-refractivity contribution in [1.82, 2.24) is 5.32 Å². The van der Waals surface area contributed by atoms with Gasteiger partial charge in [0.1, 0.15) is 6.17 Å². The van der Waals surface area contributed by atoms with Crippen LogP contribution in [0.3, 0.4) is 0 Å². The molecule has 0 spiro atoms. The number of amides is 1. The quantitative estimate of drug-likeness (QED) is 0.848. The van der Waals surface area contributed by atoms with Crippen molar-refractivity contribution >= 4 is 17.8 Å². The summed E-state index contributed by atoms with van der Waals surface area (Å²) in [5, 5.41) is 2.67. The van der Waals surface area contributed by atoms with Crippen molar-refractivity contribution in [1.29, 1.82) is 0 Å². The summed E-state index contributed by atoms with van der Waals surface area (Å²) in [6.45, 7) is 0.347. The molecule has 1 aromatic carbocycles. The predicted octanol–water partition coefficient (Wildman–Crippen LogP) is 1.30. The zero-order chi connectivity index (χ0) is 12.5. The molecule has 0 fully saturated rings. The molecule has 0 aromatic heterocycles. The number of carbonyl (C=O) groups is 1. The van der Waals surface area contributed by atoms with Gasteiger partial charge in [-0.15, -0.1) is 0 Å².